The van der Waals surface area contributed by atoms with Gasteiger partial charge in [0, 0.05) is 19.4 Å². The van der Waals surface area contributed by atoms with Crippen molar-refractivity contribution in [3.8, 4) is 0 Å². The highest BCUT2D eigenvalue weighted by Gasteiger charge is 2.53. The van der Waals surface area contributed by atoms with Crippen LogP contribution in [0.4, 0.5) is 0 Å². The number of Topliss-reactive ketones (excluding diaryl/α,β-unsaturated/α-hetero) is 1. The number of rotatable bonds is 8. The zero-order valence-electron chi connectivity index (χ0n) is 19.1. The second-order valence-electron chi connectivity index (χ2n) is 8.96. The maximum Gasteiger partial charge on any atom is 0.330 e. The minimum Gasteiger partial charge on any atom is -0.466 e. The van der Waals surface area contributed by atoms with Crippen molar-refractivity contribution in [1.29, 1.82) is 0 Å². The molecule has 0 spiro atoms. The van der Waals surface area contributed by atoms with E-state index in [4.69, 9.17) is 18.6 Å². The van der Waals surface area contributed by atoms with Gasteiger partial charge in [-0.15, -0.1) is 0 Å². The minimum atomic E-state index is -2.40. The van der Waals surface area contributed by atoms with Crippen LogP contribution >= 0.6 is 0 Å². The highest BCUT2D eigenvalue weighted by molar-refractivity contribution is 6.74. The Morgan fingerprint density at radius 3 is 2.39 bits per heavy atom. The lowest BCUT2D eigenvalue weighted by Crippen LogP contribution is -2.51. The molecule has 1 N–H and O–H groups in total. The molecule has 1 saturated heterocycles. The first-order valence-electron chi connectivity index (χ1n) is 10.2. The van der Waals surface area contributed by atoms with E-state index in [1.54, 1.807) is 6.92 Å². The molecule has 0 aliphatic carbocycles. The molecule has 1 aliphatic rings. The van der Waals surface area contributed by atoms with Crippen molar-refractivity contribution in [3.05, 3.63) is 33.1 Å². The minimum absolute atomic E-state index is 0.150. The number of hydrogen-bond donors (Lipinski definition) is 1. The lowest BCUT2D eigenvalue weighted by Gasteiger charge is -2.40. The largest absolute Gasteiger partial charge is 0.466 e. The van der Waals surface area contributed by atoms with Crippen LogP contribution in [0.25, 0.3) is 0 Å². The molecule has 4 atom stereocenters. The Morgan fingerprint density at radius 1 is 1.23 bits per heavy atom. The van der Waals surface area contributed by atoms with E-state index in [-0.39, 0.29) is 11.6 Å². The monoisotopic (exact) mass is 456 g/mol. The summed E-state index contributed by atoms with van der Waals surface area (Å²) in [5.41, 5.74) is -1.26. The van der Waals surface area contributed by atoms with Crippen LogP contribution in [0.1, 0.15) is 40.3 Å². The van der Waals surface area contributed by atoms with Crippen LogP contribution in [0, 0.1) is 0 Å². The summed E-state index contributed by atoms with van der Waals surface area (Å²) in [6.07, 6.45) is -3.06. The van der Waals surface area contributed by atoms with Gasteiger partial charge in [0.15, 0.2) is 20.3 Å². The molecule has 10 nitrogen and oxygen atoms in total. The Bertz CT molecular complexity index is 917. The van der Waals surface area contributed by atoms with Gasteiger partial charge in [0.1, 0.15) is 24.7 Å². The highest BCUT2D eigenvalue weighted by Crippen LogP contribution is 2.42. The van der Waals surface area contributed by atoms with E-state index in [9.17, 15) is 19.2 Å². The molecular weight excluding hydrogens is 424 g/mol. The zero-order chi connectivity index (χ0) is 23.6. The van der Waals surface area contributed by atoms with Crippen molar-refractivity contribution in [2.45, 2.75) is 76.8 Å². The standard InChI is InChI=1S/C20H32N2O8Si/c1-8-28-14(25)11-12(23)15-16(30-31(6,7)20(2,3)4)17(27-5)18(29-15)22-10-9-13(24)21-19(22)26/h9-10,15-18H,8,11H2,1-7H3,(H,21,24,26). The molecule has 1 aromatic rings. The molecule has 1 aromatic heterocycles. The Morgan fingerprint density at radius 2 is 1.87 bits per heavy atom. The van der Waals surface area contributed by atoms with Crippen molar-refractivity contribution in [2.75, 3.05) is 13.7 Å². The second-order valence-corrected chi connectivity index (χ2v) is 13.7. The van der Waals surface area contributed by atoms with Gasteiger partial charge in [-0.1, -0.05) is 20.8 Å². The van der Waals surface area contributed by atoms with E-state index in [0.29, 0.717) is 0 Å². The number of esters is 1. The number of H-pyrrole nitrogens is 1. The third-order valence-corrected chi connectivity index (χ3v) is 10.2. The molecule has 0 aromatic carbocycles. The van der Waals surface area contributed by atoms with Crippen molar-refractivity contribution < 1.29 is 28.2 Å². The number of methoxy groups -OCH3 is 1. The average molecular weight is 457 g/mol. The molecule has 11 heteroatoms. The van der Waals surface area contributed by atoms with Crippen LogP contribution in [0.15, 0.2) is 21.9 Å². The van der Waals surface area contributed by atoms with Crippen molar-refractivity contribution in [3.63, 3.8) is 0 Å². The first kappa shape index (κ1) is 25.2. The Labute approximate surface area is 182 Å². The number of ketones is 1. The first-order chi connectivity index (χ1) is 14.3. The molecule has 2 heterocycles. The summed E-state index contributed by atoms with van der Waals surface area (Å²) in [6, 6.07) is 1.18. The van der Waals surface area contributed by atoms with Gasteiger partial charge in [0.25, 0.3) is 5.56 Å². The predicted molar refractivity (Wildman–Crippen MR) is 114 cm³/mol. The van der Waals surface area contributed by atoms with Gasteiger partial charge in [-0.2, -0.15) is 0 Å². The number of aromatic amines is 1. The summed E-state index contributed by atoms with van der Waals surface area (Å²) in [5, 5.41) is -0.174. The van der Waals surface area contributed by atoms with Crippen molar-refractivity contribution in [2.24, 2.45) is 0 Å². The van der Waals surface area contributed by atoms with Crippen LogP contribution in [0.2, 0.25) is 18.1 Å². The topological polar surface area (TPSA) is 126 Å². The molecule has 0 amide bonds. The number of ether oxygens (including phenoxy) is 3. The summed E-state index contributed by atoms with van der Waals surface area (Å²) < 4.78 is 24.1. The van der Waals surface area contributed by atoms with Crippen LogP contribution in [-0.2, 0) is 28.2 Å². The lowest BCUT2D eigenvalue weighted by molar-refractivity contribution is -0.149. The molecule has 1 aliphatic heterocycles. The van der Waals surface area contributed by atoms with Crippen LogP contribution in [-0.4, -0.2) is 61.6 Å². The maximum atomic E-state index is 13.0. The number of aromatic nitrogens is 2. The molecule has 1 fully saturated rings. The summed E-state index contributed by atoms with van der Waals surface area (Å²) in [5.74, 6) is -1.19. The van der Waals surface area contributed by atoms with E-state index in [0.717, 1.165) is 4.57 Å². The number of hydrogen-bond acceptors (Lipinski definition) is 8. The Hall–Kier alpha value is -2.08. The van der Waals surface area contributed by atoms with E-state index < -0.39 is 62.3 Å². The molecule has 31 heavy (non-hydrogen) atoms. The van der Waals surface area contributed by atoms with Gasteiger partial charge in [0.2, 0.25) is 0 Å². The quantitative estimate of drug-likeness (QED) is 0.353. The fourth-order valence-electron chi connectivity index (χ4n) is 3.10. The molecule has 0 radical (unpaired) electrons. The number of carbonyl (C=O) groups excluding carboxylic acids is 2. The third kappa shape index (κ3) is 5.59. The van der Waals surface area contributed by atoms with Crippen LogP contribution in [0.5, 0.6) is 0 Å². The van der Waals surface area contributed by atoms with Crippen LogP contribution in [0.3, 0.4) is 0 Å². The Kier molecular flexibility index (Phi) is 7.79. The van der Waals surface area contributed by atoms with Gasteiger partial charge in [-0.25, -0.2) is 4.79 Å². The van der Waals surface area contributed by atoms with Gasteiger partial charge in [-0.3, -0.25) is 23.9 Å². The van der Waals surface area contributed by atoms with Crippen molar-refractivity contribution in [1.82, 2.24) is 9.55 Å². The van der Waals surface area contributed by atoms with E-state index in [2.05, 4.69) is 25.8 Å². The fraction of sp³-hybridized carbons (Fsp3) is 0.700. The predicted octanol–water partition coefficient (Wildman–Crippen LogP) is 1.36. The second kappa shape index (κ2) is 9.59. The number of nitrogens with one attached hydrogen (secondary N) is 1. The van der Waals surface area contributed by atoms with E-state index in [1.165, 1.54) is 19.4 Å². The van der Waals surface area contributed by atoms with E-state index >= 15 is 0 Å². The van der Waals surface area contributed by atoms with Crippen LogP contribution < -0.4 is 11.2 Å². The van der Waals surface area contributed by atoms with Gasteiger partial charge in [0.05, 0.1) is 6.61 Å². The van der Waals surface area contributed by atoms with E-state index in [1.807, 2.05) is 13.1 Å². The normalized spacial score (nSPS) is 24.2. The molecule has 174 valence electrons. The van der Waals surface area contributed by atoms with Gasteiger partial charge < -0.3 is 18.6 Å². The molecular formula is C20H32N2O8Si. The first-order valence-corrected chi connectivity index (χ1v) is 13.1. The summed E-state index contributed by atoms with van der Waals surface area (Å²) in [6.45, 7) is 12.0. The van der Waals surface area contributed by atoms with Crippen molar-refractivity contribution >= 4 is 20.1 Å². The molecule has 4 unspecified atom stereocenters. The highest BCUT2D eigenvalue weighted by atomic mass is 28.4. The fourth-order valence-corrected chi connectivity index (χ4v) is 4.39. The Balaban J connectivity index is 2.46. The summed E-state index contributed by atoms with van der Waals surface area (Å²) in [7, 11) is -0.969. The maximum absolute atomic E-state index is 13.0. The van der Waals surface area contributed by atoms with Gasteiger partial charge >= 0.3 is 11.7 Å². The van der Waals surface area contributed by atoms with Gasteiger partial charge in [-0.05, 0) is 25.1 Å². The molecule has 0 saturated carbocycles. The summed E-state index contributed by atoms with van der Waals surface area (Å²) >= 11 is 0. The average Bonchev–Trinajstić information content (AvgIpc) is 2.98. The number of nitrogens with zero attached hydrogens (tertiary/aromatic N) is 1. The SMILES string of the molecule is CCOC(=O)CC(=O)C1OC(n2ccc(=O)[nH]c2=O)C(OC)C1O[Si](C)(C)C(C)(C)C. The lowest BCUT2D eigenvalue weighted by atomic mass is 10.0. The summed E-state index contributed by atoms with van der Waals surface area (Å²) in [4.78, 5) is 50.8. The molecule has 0 bridgehead atoms. The third-order valence-electron chi connectivity index (χ3n) is 5.76. The molecule has 2 rings (SSSR count). The zero-order valence-corrected chi connectivity index (χ0v) is 20.1. The number of carbonyl (C=O) groups is 2. The smallest absolute Gasteiger partial charge is 0.330 e.